The Bertz CT molecular complexity index is 1170. The molecule has 28 heavy (non-hydrogen) atoms. The molecule has 0 saturated heterocycles. The van der Waals surface area contributed by atoms with Gasteiger partial charge in [0.05, 0.1) is 17.1 Å². The van der Waals surface area contributed by atoms with Crippen LogP contribution in [0.2, 0.25) is 0 Å². The lowest BCUT2D eigenvalue weighted by atomic mass is 10.1. The fourth-order valence-corrected chi connectivity index (χ4v) is 2.75. The first-order valence-corrected chi connectivity index (χ1v) is 8.14. The van der Waals surface area contributed by atoms with Crippen LogP contribution in [0.1, 0.15) is 5.56 Å². The van der Waals surface area contributed by atoms with Crippen molar-refractivity contribution in [2.24, 2.45) is 0 Å². The van der Waals surface area contributed by atoms with Crippen LogP contribution in [-0.2, 0) is 0 Å². The molecule has 2 heterocycles. The van der Waals surface area contributed by atoms with Gasteiger partial charge in [0, 0.05) is 17.3 Å². The van der Waals surface area contributed by atoms with Crippen molar-refractivity contribution in [3.8, 4) is 34.3 Å². The Morgan fingerprint density at radius 1 is 0.929 bits per heavy atom. The van der Waals surface area contributed by atoms with Crippen LogP contribution in [-0.4, -0.2) is 21.3 Å². The summed E-state index contributed by atoms with van der Waals surface area (Å²) in [4.78, 5) is 11.8. The molecule has 2 aromatic carbocycles. The highest BCUT2D eigenvalue weighted by atomic mass is 19.4. The van der Waals surface area contributed by atoms with E-state index in [1.54, 1.807) is 18.3 Å². The number of fused-ring (bicyclic) bond motifs is 1. The minimum atomic E-state index is -4.73. The second-order valence-electron chi connectivity index (χ2n) is 5.94. The van der Waals surface area contributed by atoms with Crippen molar-refractivity contribution in [2.45, 2.75) is 6.36 Å². The minimum Gasteiger partial charge on any atom is -0.406 e. The average Bonchev–Trinajstić information content (AvgIpc) is 3.10. The summed E-state index contributed by atoms with van der Waals surface area (Å²) in [7, 11) is 0. The number of nitriles is 1. The molecule has 0 bridgehead atoms. The molecule has 0 aliphatic rings. The normalized spacial score (nSPS) is 11.4. The van der Waals surface area contributed by atoms with E-state index in [0.29, 0.717) is 28.1 Å². The number of nitrogens with zero attached hydrogens (tertiary/aromatic N) is 3. The molecule has 0 amide bonds. The molecular formula is C20H11F3N4O. The number of aromatic amines is 1. The van der Waals surface area contributed by atoms with Gasteiger partial charge in [-0.3, -0.25) is 0 Å². The maximum Gasteiger partial charge on any atom is 0.573 e. The predicted octanol–water partition coefficient (Wildman–Crippen LogP) is 5.06. The quantitative estimate of drug-likeness (QED) is 0.539. The highest BCUT2D eigenvalue weighted by Crippen LogP contribution is 2.27. The molecule has 2 aromatic heterocycles. The van der Waals surface area contributed by atoms with E-state index in [-0.39, 0.29) is 5.75 Å². The van der Waals surface area contributed by atoms with Crippen LogP contribution in [0.5, 0.6) is 5.75 Å². The summed E-state index contributed by atoms with van der Waals surface area (Å²) >= 11 is 0. The fourth-order valence-electron chi connectivity index (χ4n) is 2.75. The van der Waals surface area contributed by atoms with Gasteiger partial charge in [-0.15, -0.1) is 13.2 Å². The zero-order valence-electron chi connectivity index (χ0n) is 14.2. The first kappa shape index (κ1) is 17.5. The molecule has 0 radical (unpaired) electrons. The third-order valence-electron chi connectivity index (χ3n) is 4.05. The number of imidazole rings is 1. The number of rotatable bonds is 3. The maximum absolute atomic E-state index is 12.3. The number of ether oxygens (including phenoxy) is 1. The highest BCUT2D eigenvalue weighted by Gasteiger charge is 2.31. The van der Waals surface area contributed by atoms with Crippen LogP contribution in [0.4, 0.5) is 13.2 Å². The van der Waals surface area contributed by atoms with E-state index in [4.69, 9.17) is 5.26 Å². The van der Waals surface area contributed by atoms with Gasteiger partial charge in [0.1, 0.15) is 11.6 Å². The van der Waals surface area contributed by atoms with E-state index in [2.05, 4.69) is 25.8 Å². The summed E-state index contributed by atoms with van der Waals surface area (Å²) < 4.78 is 40.6. The Labute approximate surface area is 157 Å². The summed E-state index contributed by atoms with van der Waals surface area (Å²) in [6.45, 7) is 0. The molecule has 0 unspecified atom stereocenters. The molecule has 4 rings (SSSR count). The lowest BCUT2D eigenvalue weighted by molar-refractivity contribution is -0.274. The summed E-state index contributed by atoms with van der Waals surface area (Å²) in [6, 6.07) is 16.5. The van der Waals surface area contributed by atoms with E-state index >= 15 is 0 Å². The smallest absolute Gasteiger partial charge is 0.406 e. The molecule has 8 heteroatoms. The van der Waals surface area contributed by atoms with E-state index in [1.807, 2.05) is 18.2 Å². The highest BCUT2D eigenvalue weighted by molar-refractivity contribution is 5.81. The Balaban J connectivity index is 1.63. The van der Waals surface area contributed by atoms with Gasteiger partial charge < -0.3 is 9.72 Å². The van der Waals surface area contributed by atoms with Crippen LogP contribution in [0.3, 0.4) is 0 Å². The summed E-state index contributed by atoms with van der Waals surface area (Å²) in [5.41, 5.74) is 4.10. The molecule has 4 aromatic rings. The SMILES string of the molecule is N#Cc1ccc(-c2cnc3nc(-c4ccc(OC(F)(F)F)cc4)[nH]c3c2)cc1. The summed E-state index contributed by atoms with van der Waals surface area (Å²) in [5.74, 6) is 0.187. The third kappa shape index (κ3) is 3.64. The zero-order valence-corrected chi connectivity index (χ0v) is 14.2. The standard InChI is InChI=1S/C20H11F3N4O/c21-20(22,23)28-16-7-5-14(6-8-16)18-26-17-9-15(11-25-19(17)27-18)13-3-1-12(10-24)2-4-13/h1-9,11H,(H,25,26,27). The van der Waals surface area contributed by atoms with E-state index < -0.39 is 6.36 Å². The Kier molecular flexibility index (Phi) is 4.20. The number of pyridine rings is 1. The number of halogens is 3. The van der Waals surface area contributed by atoms with Crippen molar-refractivity contribution in [1.82, 2.24) is 15.0 Å². The van der Waals surface area contributed by atoms with Crippen molar-refractivity contribution < 1.29 is 17.9 Å². The van der Waals surface area contributed by atoms with Crippen molar-refractivity contribution in [3.05, 3.63) is 66.4 Å². The molecule has 0 aliphatic carbocycles. The molecule has 0 aliphatic heterocycles. The predicted molar refractivity (Wildman–Crippen MR) is 96.2 cm³/mol. The van der Waals surface area contributed by atoms with Gasteiger partial charge in [-0.2, -0.15) is 5.26 Å². The van der Waals surface area contributed by atoms with E-state index in [0.717, 1.165) is 11.1 Å². The summed E-state index contributed by atoms with van der Waals surface area (Å²) in [5, 5.41) is 8.88. The number of benzene rings is 2. The Morgan fingerprint density at radius 2 is 1.61 bits per heavy atom. The monoisotopic (exact) mass is 380 g/mol. The number of H-pyrrole nitrogens is 1. The zero-order chi connectivity index (χ0) is 19.7. The van der Waals surface area contributed by atoms with Crippen molar-refractivity contribution >= 4 is 11.2 Å². The van der Waals surface area contributed by atoms with Gasteiger partial charge >= 0.3 is 6.36 Å². The third-order valence-corrected chi connectivity index (χ3v) is 4.05. The second kappa shape index (κ2) is 6.70. The molecule has 0 fully saturated rings. The average molecular weight is 380 g/mol. The number of hydrogen-bond donors (Lipinski definition) is 1. The van der Waals surface area contributed by atoms with Crippen LogP contribution < -0.4 is 4.74 Å². The molecular weight excluding hydrogens is 369 g/mol. The topological polar surface area (TPSA) is 74.6 Å². The van der Waals surface area contributed by atoms with Gasteiger partial charge in [0.2, 0.25) is 0 Å². The van der Waals surface area contributed by atoms with Gasteiger partial charge in [0.15, 0.2) is 5.65 Å². The molecule has 0 atom stereocenters. The summed E-state index contributed by atoms with van der Waals surface area (Å²) in [6.07, 6.45) is -3.05. The van der Waals surface area contributed by atoms with Gasteiger partial charge in [0.25, 0.3) is 0 Å². The Hall–Kier alpha value is -3.86. The first-order valence-electron chi connectivity index (χ1n) is 8.14. The lowest BCUT2D eigenvalue weighted by Crippen LogP contribution is -2.16. The number of nitrogens with one attached hydrogen (secondary N) is 1. The van der Waals surface area contributed by atoms with Crippen molar-refractivity contribution in [1.29, 1.82) is 5.26 Å². The van der Waals surface area contributed by atoms with Crippen molar-refractivity contribution in [2.75, 3.05) is 0 Å². The second-order valence-corrected chi connectivity index (χ2v) is 5.94. The van der Waals surface area contributed by atoms with Crippen LogP contribution in [0, 0.1) is 11.3 Å². The molecule has 5 nitrogen and oxygen atoms in total. The molecule has 0 spiro atoms. The van der Waals surface area contributed by atoms with Crippen LogP contribution >= 0.6 is 0 Å². The minimum absolute atomic E-state index is 0.298. The van der Waals surface area contributed by atoms with Crippen LogP contribution in [0.15, 0.2) is 60.8 Å². The largest absolute Gasteiger partial charge is 0.573 e. The van der Waals surface area contributed by atoms with Gasteiger partial charge in [-0.1, -0.05) is 12.1 Å². The molecule has 1 N–H and O–H groups in total. The Morgan fingerprint density at radius 3 is 2.25 bits per heavy atom. The van der Waals surface area contributed by atoms with Crippen LogP contribution in [0.25, 0.3) is 33.7 Å². The first-order chi connectivity index (χ1) is 13.4. The maximum atomic E-state index is 12.3. The van der Waals surface area contributed by atoms with Gasteiger partial charge in [-0.05, 0) is 48.0 Å². The lowest BCUT2D eigenvalue weighted by Gasteiger charge is -2.08. The van der Waals surface area contributed by atoms with Gasteiger partial charge in [-0.25, -0.2) is 9.97 Å². The van der Waals surface area contributed by atoms with Crippen molar-refractivity contribution in [3.63, 3.8) is 0 Å². The van der Waals surface area contributed by atoms with E-state index in [9.17, 15) is 13.2 Å². The number of alkyl halides is 3. The number of aromatic nitrogens is 3. The fraction of sp³-hybridized carbons (Fsp3) is 0.0500. The molecule has 138 valence electrons. The van der Waals surface area contributed by atoms with E-state index in [1.165, 1.54) is 24.3 Å². The number of hydrogen-bond acceptors (Lipinski definition) is 4. The molecule has 0 saturated carbocycles.